The van der Waals surface area contributed by atoms with E-state index in [1.165, 1.54) is 0 Å². The van der Waals surface area contributed by atoms with E-state index in [4.69, 9.17) is 0 Å². The summed E-state index contributed by atoms with van der Waals surface area (Å²) in [5.74, 6) is 0.458. The molecule has 1 aliphatic rings. The fraction of sp³-hybridized carbons (Fsp3) is 1.00. The van der Waals surface area contributed by atoms with Crippen LogP contribution in [0.1, 0.15) is 38.5 Å². The molecule has 1 unspecified atom stereocenters. The van der Waals surface area contributed by atoms with E-state index in [9.17, 15) is 13.2 Å². The van der Waals surface area contributed by atoms with Crippen molar-refractivity contribution in [3.05, 3.63) is 0 Å². The maximum Gasteiger partial charge on any atom is 0.389 e. The van der Waals surface area contributed by atoms with Crippen LogP contribution in [-0.2, 0) is 0 Å². The first kappa shape index (κ1) is 11.8. The Bertz CT molecular complexity index is 148. The van der Waals surface area contributed by atoms with E-state index < -0.39 is 12.6 Å². The summed E-state index contributed by atoms with van der Waals surface area (Å²) in [7, 11) is 0. The van der Waals surface area contributed by atoms with Gasteiger partial charge in [0.15, 0.2) is 0 Å². The molecular formula is C10H18F3N. The van der Waals surface area contributed by atoms with Crippen LogP contribution in [0.25, 0.3) is 0 Å². The Balaban J connectivity index is 2.10. The van der Waals surface area contributed by atoms with Gasteiger partial charge in [0.2, 0.25) is 0 Å². The SMILES string of the molecule is FC(F)(F)CCCC1CCCCNC1. The van der Waals surface area contributed by atoms with Crippen molar-refractivity contribution < 1.29 is 13.2 Å². The molecule has 1 atom stereocenters. The van der Waals surface area contributed by atoms with Crippen LogP contribution in [0.4, 0.5) is 13.2 Å². The predicted octanol–water partition coefficient (Wildman–Crippen LogP) is 3.11. The topological polar surface area (TPSA) is 12.0 Å². The van der Waals surface area contributed by atoms with Crippen LogP contribution in [0.3, 0.4) is 0 Å². The quantitative estimate of drug-likeness (QED) is 0.753. The van der Waals surface area contributed by atoms with Crippen LogP contribution in [0.5, 0.6) is 0 Å². The maximum atomic E-state index is 11.9. The van der Waals surface area contributed by atoms with Gasteiger partial charge in [-0.1, -0.05) is 6.42 Å². The van der Waals surface area contributed by atoms with Gasteiger partial charge in [-0.05, 0) is 44.7 Å². The van der Waals surface area contributed by atoms with Gasteiger partial charge in [0.05, 0.1) is 0 Å². The summed E-state index contributed by atoms with van der Waals surface area (Å²) in [6, 6.07) is 0. The van der Waals surface area contributed by atoms with E-state index in [1.807, 2.05) is 0 Å². The molecule has 1 saturated heterocycles. The summed E-state index contributed by atoms with van der Waals surface area (Å²) in [5.41, 5.74) is 0. The summed E-state index contributed by atoms with van der Waals surface area (Å²) in [4.78, 5) is 0. The third-order valence-electron chi connectivity index (χ3n) is 2.72. The minimum atomic E-state index is -3.97. The lowest BCUT2D eigenvalue weighted by atomic mass is 9.97. The van der Waals surface area contributed by atoms with Crippen LogP contribution >= 0.6 is 0 Å². The summed E-state index contributed by atoms with van der Waals surface area (Å²) < 4.78 is 35.6. The second-order valence-corrected chi connectivity index (χ2v) is 4.07. The molecule has 0 radical (unpaired) electrons. The number of rotatable bonds is 3. The summed E-state index contributed by atoms with van der Waals surface area (Å²) in [6.45, 7) is 1.92. The Labute approximate surface area is 83.1 Å². The summed E-state index contributed by atoms with van der Waals surface area (Å²) >= 11 is 0. The number of hydrogen-bond donors (Lipinski definition) is 1. The highest BCUT2D eigenvalue weighted by molar-refractivity contribution is 4.68. The molecule has 0 aromatic rings. The molecule has 84 valence electrons. The molecule has 0 bridgehead atoms. The van der Waals surface area contributed by atoms with E-state index in [0.29, 0.717) is 12.3 Å². The Hall–Kier alpha value is -0.250. The normalized spacial score (nSPS) is 24.6. The van der Waals surface area contributed by atoms with E-state index in [1.54, 1.807) is 0 Å². The molecular weight excluding hydrogens is 191 g/mol. The van der Waals surface area contributed by atoms with Gasteiger partial charge in [-0.25, -0.2) is 0 Å². The lowest BCUT2D eigenvalue weighted by molar-refractivity contribution is -0.136. The predicted molar refractivity (Wildman–Crippen MR) is 50.1 cm³/mol. The van der Waals surface area contributed by atoms with Crippen molar-refractivity contribution >= 4 is 0 Å². The zero-order valence-electron chi connectivity index (χ0n) is 8.37. The van der Waals surface area contributed by atoms with Crippen LogP contribution in [0.15, 0.2) is 0 Å². The zero-order chi connectivity index (χ0) is 10.4. The van der Waals surface area contributed by atoms with Crippen molar-refractivity contribution in [2.75, 3.05) is 13.1 Å². The second kappa shape index (κ2) is 5.59. The van der Waals surface area contributed by atoms with Crippen LogP contribution in [0.2, 0.25) is 0 Å². The average Bonchev–Trinajstić information content (AvgIpc) is 2.30. The standard InChI is InChI=1S/C10H18F3N/c11-10(12,13)6-3-5-9-4-1-2-7-14-8-9/h9,14H,1-8H2. The monoisotopic (exact) mass is 209 g/mol. The maximum absolute atomic E-state index is 11.9. The largest absolute Gasteiger partial charge is 0.389 e. The lowest BCUT2D eigenvalue weighted by Crippen LogP contribution is -2.21. The molecule has 1 rings (SSSR count). The van der Waals surface area contributed by atoms with E-state index in [0.717, 1.165) is 32.4 Å². The molecule has 0 aliphatic carbocycles. The summed E-state index contributed by atoms with van der Waals surface area (Å²) in [5, 5.41) is 3.26. The second-order valence-electron chi connectivity index (χ2n) is 4.07. The number of halogens is 3. The molecule has 0 spiro atoms. The molecule has 1 heterocycles. The number of hydrogen-bond acceptors (Lipinski definition) is 1. The highest BCUT2D eigenvalue weighted by Gasteiger charge is 2.26. The minimum absolute atomic E-state index is 0.288. The minimum Gasteiger partial charge on any atom is -0.316 e. The molecule has 1 nitrogen and oxygen atoms in total. The highest BCUT2D eigenvalue weighted by Crippen LogP contribution is 2.25. The van der Waals surface area contributed by atoms with Gasteiger partial charge in [0.25, 0.3) is 0 Å². The smallest absolute Gasteiger partial charge is 0.316 e. The van der Waals surface area contributed by atoms with E-state index >= 15 is 0 Å². The van der Waals surface area contributed by atoms with Gasteiger partial charge in [-0.15, -0.1) is 0 Å². The molecule has 0 amide bonds. The highest BCUT2D eigenvalue weighted by atomic mass is 19.4. The van der Waals surface area contributed by atoms with Gasteiger partial charge in [0.1, 0.15) is 0 Å². The van der Waals surface area contributed by atoms with Crippen molar-refractivity contribution in [2.24, 2.45) is 5.92 Å². The lowest BCUT2D eigenvalue weighted by Gasteiger charge is -2.14. The third kappa shape index (κ3) is 5.47. The Morgan fingerprint density at radius 2 is 2.00 bits per heavy atom. The van der Waals surface area contributed by atoms with Crippen molar-refractivity contribution in [1.29, 1.82) is 0 Å². The number of nitrogens with one attached hydrogen (secondary N) is 1. The van der Waals surface area contributed by atoms with Crippen molar-refractivity contribution in [3.8, 4) is 0 Å². The molecule has 1 fully saturated rings. The molecule has 4 heteroatoms. The molecule has 0 aromatic carbocycles. The molecule has 0 aromatic heterocycles. The molecule has 0 saturated carbocycles. The van der Waals surface area contributed by atoms with Gasteiger partial charge >= 0.3 is 6.18 Å². The van der Waals surface area contributed by atoms with Crippen molar-refractivity contribution in [3.63, 3.8) is 0 Å². The van der Waals surface area contributed by atoms with Gasteiger partial charge in [-0.2, -0.15) is 13.2 Å². The van der Waals surface area contributed by atoms with Crippen LogP contribution in [0, 0.1) is 5.92 Å². The fourth-order valence-corrected chi connectivity index (χ4v) is 1.93. The molecule has 1 aliphatic heterocycles. The van der Waals surface area contributed by atoms with E-state index in [2.05, 4.69) is 5.32 Å². The zero-order valence-corrected chi connectivity index (χ0v) is 8.37. The van der Waals surface area contributed by atoms with Crippen molar-refractivity contribution in [2.45, 2.75) is 44.7 Å². The average molecular weight is 209 g/mol. The first-order valence-electron chi connectivity index (χ1n) is 5.35. The Morgan fingerprint density at radius 1 is 1.21 bits per heavy atom. The third-order valence-corrected chi connectivity index (χ3v) is 2.72. The van der Waals surface area contributed by atoms with Crippen LogP contribution < -0.4 is 5.32 Å². The van der Waals surface area contributed by atoms with Gasteiger partial charge in [0, 0.05) is 6.42 Å². The number of alkyl halides is 3. The first-order valence-corrected chi connectivity index (χ1v) is 5.35. The molecule has 1 N–H and O–H groups in total. The van der Waals surface area contributed by atoms with Crippen LogP contribution in [-0.4, -0.2) is 19.3 Å². The Kier molecular flexibility index (Phi) is 4.72. The molecule has 14 heavy (non-hydrogen) atoms. The van der Waals surface area contributed by atoms with Gasteiger partial charge < -0.3 is 5.32 Å². The van der Waals surface area contributed by atoms with E-state index in [-0.39, 0.29) is 6.42 Å². The van der Waals surface area contributed by atoms with Gasteiger partial charge in [-0.3, -0.25) is 0 Å². The fourth-order valence-electron chi connectivity index (χ4n) is 1.93. The van der Waals surface area contributed by atoms with Crippen molar-refractivity contribution in [1.82, 2.24) is 5.32 Å². The Morgan fingerprint density at radius 3 is 2.71 bits per heavy atom. The summed E-state index contributed by atoms with van der Waals surface area (Å²) in [6.07, 6.45) is -0.186. The first-order chi connectivity index (χ1) is 6.58.